The Labute approximate surface area is 134 Å². The van der Waals surface area contributed by atoms with Crippen LogP contribution >= 0.6 is 23.2 Å². The van der Waals surface area contributed by atoms with Crippen molar-refractivity contribution in [3.8, 4) is 5.75 Å². The molecule has 0 saturated carbocycles. The molecule has 0 saturated heterocycles. The molecule has 1 atom stereocenters. The predicted molar refractivity (Wildman–Crippen MR) is 86.0 cm³/mol. The van der Waals surface area contributed by atoms with E-state index in [0.29, 0.717) is 12.3 Å². The minimum atomic E-state index is -0.385. The van der Waals surface area contributed by atoms with Gasteiger partial charge in [-0.05, 0) is 48.1 Å². The van der Waals surface area contributed by atoms with Gasteiger partial charge in [-0.25, -0.2) is 4.39 Å². The molecule has 2 rings (SSSR count). The summed E-state index contributed by atoms with van der Waals surface area (Å²) in [4.78, 5) is 0. The van der Waals surface area contributed by atoms with Crippen LogP contribution in [0.25, 0.3) is 0 Å². The van der Waals surface area contributed by atoms with Gasteiger partial charge in [0.25, 0.3) is 0 Å². The van der Waals surface area contributed by atoms with Crippen molar-refractivity contribution in [1.82, 2.24) is 0 Å². The molecule has 4 heteroatoms. The molecule has 0 aliphatic heterocycles. The molecule has 0 radical (unpaired) electrons. The lowest BCUT2D eigenvalue weighted by Gasteiger charge is -2.15. The number of hydrogen-bond donors (Lipinski definition) is 0. The van der Waals surface area contributed by atoms with Crippen LogP contribution in [0.4, 0.5) is 4.39 Å². The first-order chi connectivity index (χ1) is 10.1. The Morgan fingerprint density at radius 2 is 1.90 bits per heavy atom. The normalized spacial score (nSPS) is 12.2. The van der Waals surface area contributed by atoms with Crippen LogP contribution in [0.15, 0.2) is 42.5 Å². The lowest BCUT2D eigenvalue weighted by atomic mass is 9.94. The van der Waals surface area contributed by atoms with Gasteiger partial charge in [0.15, 0.2) is 0 Å². The maximum Gasteiger partial charge on any atom is 0.142 e. The van der Waals surface area contributed by atoms with Crippen LogP contribution in [0.5, 0.6) is 5.75 Å². The topological polar surface area (TPSA) is 9.23 Å². The molecular formula is C17H17Cl2FO. The molecule has 0 aromatic heterocycles. The van der Waals surface area contributed by atoms with Crippen molar-refractivity contribution in [2.45, 2.75) is 12.8 Å². The van der Waals surface area contributed by atoms with E-state index in [2.05, 4.69) is 0 Å². The average molecular weight is 327 g/mol. The fourth-order valence-corrected chi connectivity index (χ4v) is 2.75. The van der Waals surface area contributed by atoms with Gasteiger partial charge in [0.05, 0.1) is 12.1 Å². The fourth-order valence-electron chi connectivity index (χ4n) is 2.33. The second-order valence-corrected chi connectivity index (χ2v) is 5.68. The summed E-state index contributed by atoms with van der Waals surface area (Å²) in [7, 11) is 1.64. The predicted octanol–water partition coefficient (Wildman–Crippen LogP) is 5.13. The minimum absolute atomic E-state index is 0.193. The third-order valence-corrected chi connectivity index (χ3v) is 4.28. The summed E-state index contributed by atoms with van der Waals surface area (Å²) in [5.74, 6) is 1.12. The van der Waals surface area contributed by atoms with Gasteiger partial charge < -0.3 is 4.74 Å². The number of benzene rings is 2. The maximum atomic E-state index is 13.5. The molecule has 1 nitrogen and oxygen atoms in total. The highest BCUT2D eigenvalue weighted by atomic mass is 35.5. The molecule has 1 unspecified atom stereocenters. The van der Waals surface area contributed by atoms with Crippen LogP contribution < -0.4 is 4.74 Å². The van der Waals surface area contributed by atoms with E-state index < -0.39 is 0 Å². The van der Waals surface area contributed by atoms with E-state index in [4.69, 9.17) is 27.9 Å². The molecule has 0 fully saturated rings. The smallest absolute Gasteiger partial charge is 0.142 e. The van der Waals surface area contributed by atoms with E-state index in [-0.39, 0.29) is 16.8 Å². The van der Waals surface area contributed by atoms with Crippen LogP contribution in [0.2, 0.25) is 5.02 Å². The highest BCUT2D eigenvalue weighted by Crippen LogP contribution is 2.25. The zero-order valence-electron chi connectivity index (χ0n) is 11.8. The quantitative estimate of drug-likeness (QED) is 0.669. The molecule has 0 spiro atoms. The van der Waals surface area contributed by atoms with Gasteiger partial charge >= 0.3 is 0 Å². The Bertz CT molecular complexity index is 601. The Balaban J connectivity index is 2.11. The zero-order chi connectivity index (χ0) is 15.2. The monoisotopic (exact) mass is 326 g/mol. The van der Waals surface area contributed by atoms with Crippen LogP contribution in [0, 0.1) is 11.7 Å². The first kappa shape index (κ1) is 16.1. The number of ether oxygens (including phenoxy) is 1. The Hall–Kier alpha value is -1.25. The SMILES string of the molecule is COc1cccc(CC(CCl)Cc2cccc(F)c2Cl)c1. The summed E-state index contributed by atoms with van der Waals surface area (Å²) in [6.45, 7) is 0. The van der Waals surface area contributed by atoms with Crippen LogP contribution in [-0.4, -0.2) is 13.0 Å². The van der Waals surface area contributed by atoms with Gasteiger partial charge in [0.1, 0.15) is 11.6 Å². The summed E-state index contributed by atoms with van der Waals surface area (Å²) < 4.78 is 18.7. The van der Waals surface area contributed by atoms with Crippen molar-refractivity contribution in [3.63, 3.8) is 0 Å². The van der Waals surface area contributed by atoms with Crippen LogP contribution in [0.3, 0.4) is 0 Å². The average Bonchev–Trinajstić information content (AvgIpc) is 2.51. The lowest BCUT2D eigenvalue weighted by Crippen LogP contribution is -2.11. The van der Waals surface area contributed by atoms with E-state index in [1.807, 2.05) is 30.3 Å². The number of methoxy groups -OCH3 is 1. The molecule has 2 aromatic rings. The Morgan fingerprint density at radius 3 is 2.62 bits per heavy atom. The van der Waals surface area contributed by atoms with Crippen molar-refractivity contribution in [2.75, 3.05) is 13.0 Å². The second-order valence-electron chi connectivity index (χ2n) is 4.99. The number of hydrogen-bond acceptors (Lipinski definition) is 1. The standard InChI is InChI=1S/C17H17Cl2FO/c1-21-15-6-2-4-12(10-15)8-13(11-18)9-14-5-3-7-16(20)17(14)19/h2-7,10,13H,8-9,11H2,1H3. The largest absolute Gasteiger partial charge is 0.497 e. The summed E-state index contributed by atoms with van der Waals surface area (Å²) in [6, 6.07) is 12.8. The van der Waals surface area contributed by atoms with E-state index in [1.54, 1.807) is 13.2 Å². The van der Waals surface area contributed by atoms with Crippen molar-refractivity contribution in [1.29, 1.82) is 0 Å². The van der Waals surface area contributed by atoms with Crippen molar-refractivity contribution < 1.29 is 9.13 Å². The summed E-state index contributed by atoms with van der Waals surface area (Å²) in [5, 5.41) is 0.193. The molecule has 0 N–H and O–H groups in total. The highest BCUT2D eigenvalue weighted by Gasteiger charge is 2.14. The summed E-state index contributed by atoms with van der Waals surface area (Å²) in [6.07, 6.45) is 1.45. The molecule has 0 amide bonds. The molecule has 0 heterocycles. The highest BCUT2D eigenvalue weighted by molar-refractivity contribution is 6.31. The summed E-state index contributed by atoms with van der Waals surface area (Å²) in [5.41, 5.74) is 1.94. The van der Waals surface area contributed by atoms with Gasteiger partial charge in [0, 0.05) is 5.88 Å². The van der Waals surface area contributed by atoms with Gasteiger partial charge in [-0.15, -0.1) is 11.6 Å². The van der Waals surface area contributed by atoms with Crippen LogP contribution in [-0.2, 0) is 12.8 Å². The Morgan fingerprint density at radius 1 is 1.14 bits per heavy atom. The molecule has 0 bridgehead atoms. The lowest BCUT2D eigenvalue weighted by molar-refractivity contribution is 0.414. The fraction of sp³-hybridized carbons (Fsp3) is 0.294. The molecule has 2 aromatic carbocycles. The summed E-state index contributed by atoms with van der Waals surface area (Å²) >= 11 is 12.1. The van der Waals surface area contributed by atoms with E-state index in [0.717, 1.165) is 23.3 Å². The number of alkyl halides is 1. The van der Waals surface area contributed by atoms with E-state index >= 15 is 0 Å². The van der Waals surface area contributed by atoms with Crippen molar-refractivity contribution in [3.05, 3.63) is 64.4 Å². The van der Waals surface area contributed by atoms with Gasteiger partial charge in [-0.2, -0.15) is 0 Å². The molecular weight excluding hydrogens is 310 g/mol. The number of halogens is 3. The second kappa shape index (κ2) is 7.67. The van der Waals surface area contributed by atoms with Crippen LogP contribution in [0.1, 0.15) is 11.1 Å². The maximum absolute atomic E-state index is 13.5. The van der Waals surface area contributed by atoms with E-state index in [1.165, 1.54) is 6.07 Å². The van der Waals surface area contributed by atoms with Crippen molar-refractivity contribution >= 4 is 23.2 Å². The molecule has 0 aliphatic carbocycles. The van der Waals surface area contributed by atoms with Crippen molar-refractivity contribution in [2.24, 2.45) is 5.92 Å². The van der Waals surface area contributed by atoms with Gasteiger partial charge in [-0.3, -0.25) is 0 Å². The third kappa shape index (κ3) is 4.36. The van der Waals surface area contributed by atoms with Gasteiger partial charge in [0.2, 0.25) is 0 Å². The molecule has 21 heavy (non-hydrogen) atoms. The number of rotatable bonds is 6. The first-order valence-electron chi connectivity index (χ1n) is 6.75. The zero-order valence-corrected chi connectivity index (χ0v) is 13.3. The minimum Gasteiger partial charge on any atom is -0.497 e. The van der Waals surface area contributed by atoms with E-state index in [9.17, 15) is 4.39 Å². The molecule has 0 aliphatic rings. The molecule has 112 valence electrons. The van der Waals surface area contributed by atoms with Gasteiger partial charge in [-0.1, -0.05) is 35.9 Å². The third-order valence-electron chi connectivity index (χ3n) is 3.42. The first-order valence-corrected chi connectivity index (χ1v) is 7.67. The Kier molecular flexibility index (Phi) is 5.89.